The normalized spacial score (nSPS) is 9.95. The minimum atomic E-state index is -0.636. The average molecular weight is 282 g/mol. The first-order valence-corrected chi connectivity index (χ1v) is 5.67. The van der Waals surface area contributed by atoms with E-state index in [-0.39, 0.29) is 24.0 Å². The number of rotatable bonds is 6. The zero-order chi connectivity index (χ0) is 14.6. The summed E-state index contributed by atoms with van der Waals surface area (Å²) in [6, 6.07) is 1.60. The van der Waals surface area contributed by atoms with Crippen LogP contribution in [0.4, 0.5) is 5.95 Å². The number of thiocarbonyl (C=S) groups is 1. The Hall–Kier alpha value is -2.29. The van der Waals surface area contributed by atoms with Gasteiger partial charge in [0, 0.05) is 5.69 Å². The lowest BCUT2D eigenvalue weighted by atomic mass is 10.3. The molecule has 9 heteroatoms. The van der Waals surface area contributed by atoms with Crippen molar-refractivity contribution in [2.75, 3.05) is 18.0 Å². The van der Waals surface area contributed by atoms with Gasteiger partial charge in [-0.1, -0.05) is 12.2 Å². The molecule has 8 nitrogen and oxygen atoms in total. The van der Waals surface area contributed by atoms with Gasteiger partial charge in [0.25, 0.3) is 0 Å². The van der Waals surface area contributed by atoms with E-state index in [9.17, 15) is 9.59 Å². The molecule has 1 rings (SSSR count). The second kappa shape index (κ2) is 6.05. The first kappa shape index (κ1) is 14.8. The van der Waals surface area contributed by atoms with Crippen molar-refractivity contribution in [1.82, 2.24) is 9.97 Å². The fraction of sp³-hybridized carbons (Fsp3) is 0.300. The number of carbonyl (C=O) groups excluding carboxylic acids is 2. The molecule has 102 valence electrons. The van der Waals surface area contributed by atoms with E-state index in [2.05, 4.69) is 9.97 Å². The standard InChI is InChI=1S/C10H14N6O2S/c1-5-2-6(9(13)19)15-10(14-5)16(3-7(11)17)4-8(12)18/h2H,3-4H2,1H3,(H2,11,17)(H2,12,18)(H2,13,19). The second-order valence-corrected chi connectivity index (χ2v) is 4.29. The molecule has 0 aliphatic carbocycles. The zero-order valence-electron chi connectivity index (χ0n) is 10.3. The van der Waals surface area contributed by atoms with Crippen molar-refractivity contribution in [3.8, 4) is 0 Å². The van der Waals surface area contributed by atoms with Crippen LogP contribution in [0.1, 0.15) is 11.4 Å². The lowest BCUT2D eigenvalue weighted by Crippen LogP contribution is -2.41. The Kier molecular flexibility index (Phi) is 4.70. The Balaban J connectivity index is 3.16. The molecule has 0 saturated heterocycles. The van der Waals surface area contributed by atoms with Gasteiger partial charge in [-0.2, -0.15) is 0 Å². The van der Waals surface area contributed by atoms with E-state index in [1.54, 1.807) is 13.0 Å². The molecular weight excluding hydrogens is 268 g/mol. The topological polar surface area (TPSA) is 141 Å². The lowest BCUT2D eigenvalue weighted by molar-refractivity contribution is -0.117. The number of primary amides is 2. The van der Waals surface area contributed by atoms with Crippen molar-refractivity contribution in [1.29, 1.82) is 0 Å². The van der Waals surface area contributed by atoms with Gasteiger partial charge in [-0.3, -0.25) is 9.59 Å². The van der Waals surface area contributed by atoms with Crippen LogP contribution in [0.5, 0.6) is 0 Å². The van der Waals surface area contributed by atoms with Crippen molar-refractivity contribution < 1.29 is 9.59 Å². The smallest absolute Gasteiger partial charge is 0.237 e. The van der Waals surface area contributed by atoms with Crippen LogP contribution >= 0.6 is 12.2 Å². The highest BCUT2D eigenvalue weighted by atomic mass is 32.1. The highest BCUT2D eigenvalue weighted by Gasteiger charge is 2.16. The molecule has 0 spiro atoms. The molecule has 0 aliphatic heterocycles. The van der Waals surface area contributed by atoms with E-state index in [0.29, 0.717) is 11.4 Å². The van der Waals surface area contributed by atoms with Crippen LogP contribution in [0.25, 0.3) is 0 Å². The van der Waals surface area contributed by atoms with Gasteiger partial charge in [-0.05, 0) is 13.0 Å². The maximum atomic E-state index is 11.0. The van der Waals surface area contributed by atoms with E-state index in [0.717, 1.165) is 0 Å². The Morgan fingerprint density at radius 1 is 1.21 bits per heavy atom. The summed E-state index contributed by atoms with van der Waals surface area (Å²) in [5, 5.41) is 0. The third-order valence-electron chi connectivity index (χ3n) is 2.07. The van der Waals surface area contributed by atoms with Crippen LogP contribution < -0.4 is 22.1 Å². The molecule has 0 aromatic carbocycles. The molecule has 0 fully saturated rings. The van der Waals surface area contributed by atoms with Gasteiger partial charge in [0.05, 0.1) is 0 Å². The van der Waals surface area contributed by atoms with Crippen LogP contribution in [-0.2, 0) is 9.59 Å². The summed E-state index contributed by atoms with van der Waals surface area (Å²) in [5.74, 6) is -1.15. The minimum absolute atomic E-state index is 0.0878. The number of nitrogens with two attached hydrogens (primary N) is 3. The van der Waals surface area contributed by atoms with Gasteiger partial charge >= 0.3 is 0 Å². The molecule has 0 saturated carbocycles. The molecule has 1 aromatic rings. The predicted molar refractivity (Wildman–Crippen MR) is 73.3 cm³/mol. The fourth-order valence-electron chi connectivity index (χ4n) is 1.39. The third kappa shape index (κ3) is 4.47. The predicted octanol–water partition coefficient (Wildman–Crippen LogP) is -1.80. The maximum Gasteiger partial charge on any atom is 0.237 e. The Labute approximate surface area is 115 Å². The van der Waals surface area contributed by atoms with Crippen molar-refractivity contribution in [2.45, 2.75) is 6.92 Å². The molecule has 1 heterocycles. The number of amides is 2. The van der Waals surface area contributed by atoms with E-state index >= 15 is 0 Å². The van der Waals surface area contributed by atoms with E-state index < -0.39 is 11.8 Å². The fourth-order valence-corrected chi connectivity index (χ4v) is 1.50. The van der Waals surface area contributed by atoms with E-state index in [1.807, 2.05) is 0 Å². The largest absolute Gasteiger partial charge is 0.388 e. The Morgan fingerprint density at radius 2 is 1.74 bits per heavy atom. The number of nitrogens with zero attached hydrogens (tertiary/aromatic N) is 3. The number of hydrogen-bond acceptors (Lipinski definition) is 6. The van der Waals surface area contributed by atoms with E-state index in [4.69, 9.17) is 29.4 Å². The molecule has 2 amide bonds. The highest BCUT2D eigenvalue weighted by Crippen LogP contribution is 2.10. The van der Waals surface area contributed by atoms with E-state index in [1.165, 1.54) is 4.90 Å². The second-order valence-electron chi connectivity index (χ2n) is 3.85. The monoisotopic (exact) mass is 282 g/mol. The molecular formula is C10H14N6O2S. The maximum absolute atomic E-state index is 11.0. The Bertz CT molecular complexity index is 517. The summed E-state index contributed by atoms with van der Waals surface area (Å²) in [6.45, 7) is 1.24. The number of aromatic nitrogens is 2. The molecule has 0 atom stereocenters. The first-order valence-electron chi connectivity index (χ1n) is 5.26. The quantitative estimate of drug-likeness (QED) is 0.522. The summed E-state index contributed by atoms with van der Waals surface area (Å²) >= 11 is 4.83. The van der Waals surface area contributed by atoms with Gasteiger partial charge in [0.2, 0.25) is 17.8 Å². The molecule has 0 bridgehead atoms. The molecule has 0 unspecified atom stereocenters. The molecule has 0 radical (unpaired) electrons. The summed E-state index contributed by atoms with van der Waals surface area (Å²) in [6.07, 6.45) is 0. The van der Waals surface area contributed by atoms with Crippen LogP contribution in [0.15, 0.2) is 6.07 Å². The van der Waals surface area contributed by atoms with Gasteiger partial charge in [0.15, 0.2) is 0 Å². The molecule has 0 aliphatic rings. The van der Waals surface area contributed by atoms with Gasteiger partial charge in [-0.15, -0.1) is 0 Å². The SMILES string of the molecule is Cc1cc(C(N)=S)nc(N(CC(N)=O)CC(N)=O)n1. The number of hydrogen-bond donors (Lipinski definition) is 3. The van der Waals surface area contributed by atoms with Gasteiger partial charge in [0.1, 0.15) is 23.8 Å². The molecule has 6 N–H and O–H groups in total. The average Bonchev–Trinajstić information content (AvgIpc) is 2.25. The summed E-state index contributed by atoms with van der Waals surface area (Å²) < 4.78 is 0. The van der Waals surface area contributed by atoms with Crippen molar-refractivity contribution in [3.05, 3.63) is 17.5 Å². The van der Waals surface area contributed by atoms with Crippen molar-refractivity contribution in [2.24, 2.45) is 17.2 Å². The van der Waals surface area contributed by atoms with Crippen LogP contribution in [0.3, 0.4) is 0 Å². The first-order chi connectivity index (χ1) is 8.79. The minimum Gasteiger partial charge on any atom is -0.388 e. The number of carbonyl (C=O) groups is 2. The van der Waals surface area contributed by atoms with Crippen LogP contribution in [0, 0.1) is 6.92 Å². The van der Waals surface area contributed by atoms with Crippen molar-refractivity contribution >= 4 is 35.0 Å². The zero-order valence-corrected chi connectivity index (χ0v) is 11.1. The highest BCUT2D eigenvalue weighted by molar-refractivity contribution is 7.80. The molecule has 1 aromatic heterocycles. The number of aryl methyl sites for hydroxylation is 1. The lowest BCUT2D eigenvalue weighted by Gasteiger charge is -2.20. The summed E-state index contributed by atoms with van der Waals surface area (Å²) in [7, 11) is 0. The summed E-state index contributed by atoms with van der Waals surface area (Å²) in [5.41, 5.74) is 16.6. The van der Waals surface area contributed by atoms with Crippen molar-refractivity contribution in [3.63, 3.8) is 0 Å². The number of anilines is 1. The molecule has 19 heavy (non-hydrogen) atoms. The van der Waals surface area contributed by atoms with Crippen LogP contribution in [-0.4, -0.2) is 39.9 Å². The summed E-state index contributed by atoms with van der Waals surface area (Å²) in [4.78, 5) is 31.5. The Morgan fingerprint density at radius 3 is 2.16 bits per heavy atom. The third-order valence-corrected chi connectivity index (χ3v) is 2.28. The van der Waals surface area contributed by atoms with Gasteiger partial charge < -0.3 is 22.1 Å². The van der Waals surface area contributed by atoms with Gasteiger partial charge in [-0.25, -0.2) is 9.97 Å². The van der Waals surface area contributed by atoms with Crippen LogP contribution in [0.2, 0.25) is 0 Å².